The highest BCUT2D eigenvalue weighted by atomic mass is 16.1. The normalized spacial score (nSPS) is 15.3. The van der Waals surface area contributed by atoms with Crippen molar-refractivity contribution in [3.63, 3.8) is 0 Å². The first-order chi connectivity index (χ1) is 7.18. The minimum absolute atomic E-state index is 0.108. The van der Waals surface area contributed by atoms with E-state index in [1.807, 2.05) is 13.0 Å². The molecule has 0 unspecified atom stereocenters. The Morgan fingerprint density at radius 2 is 2.07 bits per heavy atom. The summed E-state index contributed by atoms with van der Waals surface area (Å²) in [6.45, 7) is 4.56. The summed E-state index contributed by atoms with van der Waals surface area (Å²) in [5.74, 6) is 0.108. The third kappa shape index (κ3) is 1.94. The van der Waals surface area contributed by atoms with Crippen LogP contribution >= 0.6 is 0 Å². The molecule has 0 amide bonds. The lowest BCUT2D eigenvalue weighted by atomic mass is 10.2. The highest BCUT2D eigenvalue weighted by Crippen LogP contribution is 2.30. The van der Waals surface area contributed by atoms with Crippen LogP contribution in [0.5, 0.6) is 0 Å². The number of para-hydroxylation sites is 1. The average molecular weight is 201 g/mol. The highest BCUT2D eigenvalue weighted by Gasteiger charge is 2.19. The van der Waals surface area contributed by atoms with Crippen molar-refractivity contribution in [2.24, 2.45) is 0 Å². The number of hydrogen-bond donors (Lipinski definition) is 0. The van der Waals surface area contributed by atoms with Gasteiger partial charge in [-0.25, -0.2) is 0 Å². The Hall–Kier alpha value is -1.57. The van der Waals surface area contributed by atoms with Crippen molar-refractivity contribution in [3.05, 3.63) is 41.6 Å². The zero-order chi connectivity index (χ0) is 10.8. The first kappa shape index (κ1) is 9.97. The van der Waals surface area contributed by atoms with E-state index in [0.29, 0.717) is 0 Å². The van der Waals surface area contributed by atoms with Crippen LogP contribution in [0.25, 0.3) is 0 Å². The van der Waals surface area contributed by atoms with Crippen molar-refractivity contribution < 1.29 is 4.79 Å². The second-order valence-corrected chi connectivity index (χ2v) is 3.93. The van der Waals surface area contributed by atoms with Crippen molar-refractivity contribution >= 4 is 11.5 Å². The zero-order valence-corrected chi connectivity index (χ0v) is 9.16. The molecule has 0 spiro atoms. The van der Waals surface area contributed by atoms with Gasteiger partial charge in [-0.15, -0.1) is 0 Å². The van der Waals surface area contributed by atoms with E-state index in [0.717, 1.165) is 18.7 Å². The number of hydrogen-bond acceptors (Lipinski definition) is 2. The molecule has 1 aromatic rings. The summed E-state index contributed by atoms with van der Waals surface area (Å²) in [4.78, 5) is 13.2. The van der Waals surface area contributed by atoms with Crippen LogP contribution in [-0.2, 0) is 11.2 Å². The number of fused-ring (bicyclic) bond motifs is 1. The van der Waals surface area contributed by atoms with E-state index in [9.17, 15) is 4.79 Å². The van der Waals surface area contributed by atoms with E-state index in [4.69, 9.17) is 0 Å². The third-order valence-corrected chi connectivity index (χ3v) is 2.73. The molecule has 1 heterocycles. The molecule has 0 fully saturated rings. The van der Waals surface area contributed by atoms with Gasteiger partial charge in [0.2, 0.25) is 0 Å². The Morgan fingerprint density at radius 1 is 1.33 bits per heavy atom. The number of rotatable bonds is 2. The molecule has 0 bridgehead atoms. The maximum Gasteiger partial charge on any atom is 0.154 e. The van der Waals surface area contributed by atoms with E-state index >= 15 is 0 Å². The Balaban J connectivity index is 2.31. The van der Waals surface area contributed by atoms with Gasteiger partial charge in [-0.1, -0.05) is 18.2 Å². The Bertz CT molecular complexity index is 420. The first-order valence-corrected chi connectivity index (χ1v) is 5.23. The number of carbonyl (C=O) groups is 1. The maximum atomic E-state index is 11.0. The molecule has 1 aliphatic heterocycles. The van der Waals surface area contributed by atoms with Crippen LogP contribution in [0.4, 0.5) is 5.69 Å². The number of ketones is 1. The summed E-state index contributed by atoms with van der Waals surface area (Å²) < 4.78 is 0. The quantitative estimate of drug-likeness (QED) is 0.685. The molecule has 2 rings (SSSR count). The van der Waals surface area contributed by atoms with Crippen molar-refractivity contribution in [1.29, 1.82) is 0 Å². The second kappa shape index (κ2) is 3.89. The summed E-state index contributed by atoms with van der Waals surface area (Å²) >= 11 is 0. The molecule has 2 nitrogen and oxygen atoms in total. The minimum Gasteiger partial charge on any atom is -0.345 e. The Kier molecular flexibility index (Phi) is 2.58. The van der Waals surface area contributed by atoms with Crippen LogP contribution < -0.4 is 4.90 Å². The van der Waals surface area contributed by atoms with E-state index in [-0.39, 0.29) is 5.78 Å². The van der Waals surface area contributed by atoms with Gasteiger partial charge in [0.15, 0.2) is 5.78 Å². The standard InChI is InChI=1S/C13H15NO/c1-10(9-11(2)15)14-8-7-12-5-3-4-6-13(12)14/h3-6,9H,7-8H2,1-2H3/b10-9-. The van der Waals surface area contributed by atoms with Crippen LogP contribution in [0.3, 0.4) is 0 Å². The van der Waals surface area contributed by atoms with Crippen LogP contribution in [-0.4, -0.2) is 12.3 Å². The topological polar surface area (TPSA) is 20.3 Å². The van der Waals surface area contributed by atoms with Gasteiger partial charge in [-0.2, -0.15) is 0 Å². The Labute approximate surface area is 90.2 Å². The summed E-state index contributed by atoms with van der Waals surface area (Å²) in [7, 11) is 0. The summed E-state index contributed by atoms with van der Waals surface area (Å²) in [6, 6.07) is 8.36. The van der Waals surface area contributed by atoms with Crippen molar-refractivity contribution in [2.75, 3.05) is 11.4 Å². The molecule has 1 aliphatic rings. The molecule has 0 N–H and O–H groups in total. The predicted octanol–water partition coefficient (Wildman–Crippen LogP) is 2.54. The lowest BCUT2D eigenvalue weighted by molar-refractivity contribution is -0.112. The summed E-state index contributed by atoms with van der Waals surface area (Å²) in [6.07, 6.45) is 2.77. The maximum absolute atomic E-state index is 11.0. The van der Waals surface area contributed by atoms with Gasteiger partial charge in [0.05, 0.1) is 0 Å². The molecule has 0 atom stereocenters. The number of anilines is 1. The molecule has 0 aliphatic carbocycles. The molecular formula is C13H15NO. The van der Waals surface area contributed by atoms with E-state index in [1.165, 1.54) is 11.3 Å². The van der Waals surface area contributed by atoms with Crippen LogP contribution in [0, 0.1) is 0 Å². The molecular weight excluding hydrogens is 186 g/mol. The first-order valence-electron chi connectivity index (χ1n) is 5.23. The minimum atomic E-state index is 0.108. The monoisotopic (exact) mass is 201 g/mol. The van der Waals surface area contributed by atoms with Gasteiger partial charge in [-0.3, -0.25) is 4.79 Å². The third-order valence-electron chi connectivity index (χ3n) is 2.73. The molecule has 78 valence electrons. The molecule has 0 aromatic heterocycles. The Morgan fingerprint density at radius 3 is 2.80 bits per heavy atom. The predicted molar refractivity (Wildman–Crippen MR) is 61.9 cm³/mol. The molecule has 15 heavy (non-hydrogen) atoms. The van der Waals surface area contributed by atoms with Gasteiger partial charge < -0.3 is 4.90 Å². The van der Waals surface area contributed by atoms with Crippen molar-refractivity contribution in [1.82, 2.24) is 0 Å². The molecule has 2 heteroatoms. The molecule has 1 aromatic carbocycles. The van der Waals surface area contributed by atoms with E-state index in [1.54, 1.807) is 13.0 Å². The lowest BCUT2D eigenvalue weighted by Crippen LogP contribution is -2.18. The number of carbonyl (C=O) groups excluding carboxylic acids is 1. The number of nitrogens with zero attached hydrogens (tertiary/aromatic N) is 1. The van der Waals surface area contributed by atoms with E-state index in [2.05, 4.69) is 23.1 Å². The van der Waals surface area contributed by atoms with Crippen LogP contribution in [0.2, 0.25) is 0 Å². The fourth-order valence-corrected chi connectivity index (χ4v) is 2.08. The van der Waals surface area contributed by atoms with Crippen molar-refractivity contribution in [2.45, 2.75) is 20.3 Å². The lowest BCUT2D eigenvalue weighted by Gasteiger charge is -2.19. The van der Waals surface area contributed by atoms with Crippen molar-refractivity contribution in [3.8, 4) is 0 Å². The van der Waals surface area contributed by atoms with Crippen LogP contribution in [0.15, 0.2) is 36.0 Å². The molecule has 0 saturated carbocycles. The van der Waals surface area contributed by atoms with E-state index < -0.39 is 0 Å². The zero-order valence-electron chi connectivity index (χ0n) is 9.16. The van der Waals surface area contributed by atoms with Gasteiger partial charge >= 0.3 is 0 Å². The smallest absolute Gasteiger partial charge is 0.154 e. The second-order valence-electron chi connectivity index (χ2n) is 3.93. The summed E-state index contributed by atoms with van der Waals surface area (Å²) in [5, 5.41) is 0. The van der Waals surface area contributed by atoms with Gasteiger partial charge in [0.25, 0.3) is 0 Å². The molecule has 0 saturated heterocycles. The SMILES string of the molecule is CC(=O)/C=C(/C)N1CCc2ccccc21. The van der Waals surface area contributed by atoms with Gasteiger partial charge in [0, 0.05) is 17.9 Å². The van der Waals surface area contributed by atoms with Crippen LogP contribution in [0.1, 0.15) is 19.4 Å². The fourth-order valence-electron chi connectivity index (χ4n) is 2.08. The van der Waals surface area contributed by atoms with Gasteiger partial charge in [0.1, 0.15) is 0 Å². The molecule has 0 radical (unpaired) electrons. The van der Waals surface area contributed by atoms with Gasteiger partial charge in [-0.05, 0) is 38.0 Å². The summed E-state index contributed by atoms with van der Waals surface area (Å²) in [5.41, 5.74) is 3.65. The fraction of sp³-hybridized carbons (Fsp3) is 0.308. The number of benzene rings is 1. The largest absolute Gasteiger partial charge is 0.345 e. The number of allylic oxidation sites excluding steroid dienone is 2. The highest BCUT2D eigenvalue weighted by molar-refractivity contribution is 5.88. The average Bonchev–Trinajstić information content (AvgIpc) is 2.59.